The number of nitrogens with zero attached hydrogens (tertiary/aromatic N) is 3. The van der Waals surface area contributed by atoms with Crippen LogP contribution in [0.2, 0.25) is 0 Å². The first kappa shape index (κ1) is 17.8. The Labute approximate surface area is 179 Å². The first-order valence-corrected chi connectivity index (χ1v) is 10.4. The molecular formula is C27H19N3O. The van der Waals surface area contributed by atoms with Crippen LogP contribution in [0.15, 0.2) is 79.5 Å². The molecule has 3 aromatic carbocycles. The molecule has 5 aromatic rings. The van der Waals surface area contributed by atoms with Gasteiger partial charge >= 0.3 is 0 Å². The fourth-order valence-electron chi connectivity index (χ4n) is 4.50. The summed E-state index contributed by atoms with van der Waals surface area (Å²) in [5, 5.41) is 6.86. The smallest absolute Gasteiger partial charge is 0.237 e. The molecule has 4 heteroatoms. The Balaban J connectivity index is 1.75. The van der Waals surface area contributed by atoms with Gasteiger partial charge in [-0.05, 0) is 46.0 Å². The molecule has 0 saturated carbocycles. The molecule has 0 radical (unpaired) electrons. The van der Waals surface area contributed by atoms with Crippen molar-refractivity contribution in [2.75, 3.05) is 0 Å². The van der Waals surface area contributed by atoms with Crippen LogP contribution in [0.3, 0.4) is 0 Å². The molecule has 148 valence electrons. The summed E-state index contributed by atoms with van der Waals surface area (Å²) in [6.45, 7) is 0. The van der Waals surface area contributed by atoms with Gasteiger partial charge in [-0.15, -0.1) is 0 Å². The summed E-state index contributed by atoms with van der Waals surface area (Å²) < 4.78 is 6.32. The number of rotatable bonds is 3. The molecule has 1 aliphatic rings. The number of pyridine rings is 1. The van der Waals surface area contributed by atoms with Gasteiger partial charge in [-0.3, -0.25) is 9.97 Å². The highest BCUT2D eigenvalue weighted by atomic mass is 16.5. The molecule has 0 unspecified atom stereocenters. The van der Waals surface area contributed by atoms with Gasteiger partial charge in [0.1, 0.15) is 5.75 Å². The Morgan fingerprint density at radius 2 is 1.52 bits per heavy atom. The van der Waals surface area contributed by atoms with E-state index in [0.717, 1.165) is 34.6 Å². The molecule has 31 heavy (non-hydrogen) atoms. The standard InChI is InChI=1S/C27H19N3O/c1-2-8-19-18(6-1)7-5-11-20(19)26-21-9-3-4-10-22(21)27(23-12-13-28-16-24(23)26)31-25-17-29-14-15-30-25/h1-2,5-17H,3-4H2. The minimum Gasteiger partial charge on any atom is -0.436 e. The van der Waals surface area contributed by atoms with Crippen molar-refractivity contribution in [3.05, 3.63) is 90.0 Å². The zero-order valence-corrected chi connectivity index (χ0v) is 16.8. The Morgan fingerprint density at radius 1 is 0.677 bits per heavy atom. The number of benzene rings is 3. The SMILES string of the molecule is C1=c2c(Oc3cnccn3)c3ccncc3c(-c3cccc4ccccc34)c2=CCC1. The highest BCUT2D eigenvalue weighted by molar-refractivity contribution is 6.07. The van der Waals surface area contributed by atoms with Crippen LogP contribution >= 0.6 is 0 Å². The molecule has 0 fully saturated rings. The predicted octanol–water partition coefficient (Wildman–Crippen LogP) is 4.99. The first-order chi connectivity index (χ1) is 15.4. The van der Waals surface area contributed by atoms with E-state index < -0.39 is 0 Å². The summed E-state index contributed by atoms with van der Waals surface area (Å²) in [5.74, 6) is 1.30. The fraction of sp³-hybridized carbons (Fsp3) is 0.0741. The number of hydrogen-bond donors (Lipinski definition) is 0. The van der Waals surface area contributed by atoms with Crippen molar-refractivity contribution >= 4 is 33.7 Å². The average Bonchev–Trinajstić information content (AvgIpc) is 2.84. The maximum absolute atomic E-state index is 6.32. The van der Waals surface area contributed by atoms with Crippen LogP contribution in [0.1, 0.15) is 12.8 Å². The van der Waals surface area contributed by atoms with E-state index in [2.05, 4.69) is 69.6 Å². The zero-order valence-electron chi connectivity index (χ0n) is 16.8. The van der Waals surface area contributed by atoms with E-state index in [-0.39, 0.29) is 0 Å². The maximum Gasteiger partial charge on any atom is 0.237 e. The van der Waals surface area contributed by atoms with Gasteiger partial charge in [0.2, 0.25) is 5.88 Å². The van der Waals surface area contributed by atoms with Gasteiger partial charge in [-0.25, -0.2) is 4.98 Å². The molecule has 0 N–H and O–H groups in total. The molecule has 0 aliphatic heterocycles. The van der Waals surface area contributed by atoms with Gasteiger partial charge in [0.15, 0.2) is 0 Å². The van der Waals surface area contributed by atoms with E-state index in [4.69, 9.17) is 4.74 Å². The van der Waals surface area contributed by atoms with Crippen LogP contribution < -0.4 is 15.2 Å². The lowest BCUT2D eigenvalue weighted by Gasteiger charge is -2.17. The van der Waals surface area contributed by atoms with Crippen molar-refractivity contribution in [1.29, 1.82) is 0 Å². The number of hydrogen-bond acceptors (Lipinski definition) is 4. The second kappa shape index (κ2) is 7.33. The summed E-state index contributed by atoms with van der Waals surface area (Å²) in [4.78, 5) is 12.9. The molecule has 6 rings (SSSR count). The van der Waals surface area contributed by atoms with Crippen molar-refractivity contribution in [2.24, 2.45) is 0 Å². The molecule has 2 aromatic heterocycles. The van der Waals surface area contributed by atoms with Gasteiger partial charge in [0.25, 0.3) is 0 Å². The van der Waals surface area contributed by atoms with E-state index in [0.29, 0.717) is 5.88 Å². The van der Waals surface area contributed by atoms with E-state index in [1.807, 2.05) is 18.5 Å². The van der Waals surface area contributed by atoms with Crippen molar-refractivity contribution in [3.63, 3.8) is 0 Å². The van der Waals surface area contributed by atoms with Gasteiger partial charge in [0, 0.05) is 40.8 Å². The Bertz CT molecular complexity index is 1550. The molecule has 1 aliphatic carbocycles. The highest BCUT2D eigenvalue weighted by Crippen LogP contribution is 2.34. The lowest BCUT2D eigenvalue weighted by atomic mass is 9.89. The minimum absolute atomic E-state index is 0.486. The van der Waals surface area contributed by atoms with Crippen LogP contribution in [0.4, 0.5) is 0 Å². The first-order valence-electron chi connectivity index (χ1n) is 10.4. The monoisotopic (exact) mass is 401 g/mol. The number of fused-ring (bicyclic) bond motifs is 3. The predicted molar refractivity (Wildman–Crippen MR) is 124 cm³/mol. The molecule has 0 amide bonds. The minimum atomic E-state index is 0.486. The lowest BCUT2D eigenvalue weighted by Crippen LogP contribution is -2.31. The Hall–Kier alpha value is -4.05. The topological polar surface area (TPSA) is 47.9 Å². The van der Waals surface area contributed by atoms with Crippen molar-refractivity contribution in [1.82, 2.24) is 15.0 Å². The zero-order chi connectivity index (χ0) is 20.6. The molecule has 0 atom stereocenters. The largest absolute Gasteiger partial charge is 0.436 e. The molecule has 4 nitrogen and oxygen atoms in total. The van der Waals surface area contributed by atoms with Gasteiger partial charge < -0.3 is 4.74 Å². The van der Waals surface area contributed by atoms with E-state index in [1.54, 1.807) is 18.6 Å². The average molecular weight is 401 g/mol. The second-order valence-corrected chi connectivity index (χ2v) is 7.61. The molecule has 0 bridgehead atoms. The fourth-order valence-corrected chi connectivity index (χ4v) is 4.50. The van der Waals surface area contributed by atoms with Gasteiger partial charge in [-0.1, -0.05) is 54.6 Å². The summed E-state index contributed by atoms with van der Waals surface area (Å²) in [6.07, 6.45) is 15.3. The number of ether oxygens (including phenoxy) is 1. The van der Waals surface area contributed by atoms with Gasteiger partial charge in [0.05, 0.1) is 6.20 Å². The van der Waals surface area contributed by atoms with E-state index >= 15 is 0 Å². The van der Waals surface area contributed by atoms with Gasteiger partial charge in [-0.2, -0.15) is 0 Å². The summed E-state index contributed by atoms with van der Waals surface area (Å²) >= 11 is 0. The third-order valence-electron chi connectivity index (χ3n) is 5.81. The third kappa shape index (κ3) is 2.96. The van der Waals surface area contributed by atoms with Crippen molar-refractivity contribution in [3.8, 4) is 22.8 Å². The number of aromatic nitrogens is 3. The van der Waals surface area contributed by atoms with Crippen molar-refractivity contribution in [2.45, 2.75) is 12.8 Å². The summed E-state index contributed by atoms with van der Waals surface area (Å²) in [7, 11) is 0. The molecular weight excluding hydrogens is 382 g/mol. The van der Waals surface area contributed by atoms with Crippen LogP contribution in [-0.4, -0.2) is 15.0 Å². The van der Waals surface area contributed by atoms with E-state index in [9.17, 15) is 0 Å². The normalized spacial score (nSPS) is 12.8. The third-order valence-corrected chi connectivity index (χ3v) is 5.81. The Kier molecular flexibility index (Phi) is 4.20. The summed E-state index contributed by atoms with van der Waals surface area (Å²) in [6, 6.07) is 17.0. The maximum atomic E-state index is 6.32. The van der Waals surface area contributed by atoms with Crippen molar-refractivity contribution < 1.29 is 4.74 Å². The highest BCUT2D eigenvalue weighted by Gasteiger charge is 2.18. The van der Waals surface area contributed by atoms with Crippen LogP contribution in [0, 0.1) is 0 Å². The van der Waals surface area contributed by atoms with E-state index in [1.165, 1.54) is 27.1 Å². The van der Waals surface area contributed by atoms with Crippen LogP contribution in [0.25, 0.3) is 44.8 Å². The second-order valence-electron chi connectivity index (χ2n) is 7.61. The Morgan fingerprint density at radius 3 is 2.42 bits per heavy atom. The quantitative estimate of drug-likeness (QED) is 0.427. The van der Waals surface area contributed by atoms with Crippen LogP contribution in [0.5, 0.6) is 11.6 Å². The lowest BCUT2D eigenvalue weighted by molar-refractivity contribution is 0.461. The molecule has 2 heterocycles. The summed E-state index contributed by atoms with van der Waals surface area (Å²) in [5.41, 5.74) is 2.42. The molecule has 0 spiro atoms. The molecule has 0 saturated heterocycles. The van der Waals surface area contributed by atoms with Crippen LogP contribution in [-0.2, 0) is 0 Å².